The molecule has 3 heteroatoms. The molecule has 0 aliphatic carbocycles. The molecule has 0 saturated carbocycles. The van der Waals surface area contributed by atoms with Crippen molar-refractivity contribution in [1.82, 2.24) is 4.98 Å². The third-order valence-corrected chi connectivity index (χ3v) is 4.49. The maximum absolute atomic E-state index is 12.6. The maximum Gasteiger partial charge on any atom is 0.344 e. The standard InChI is InChI=1S/C22H13NO2/c24-22-18(13-15-7-2-4-11-21(15)25-22)16-8-5-10-20-17(16)12-14-6-1-3-9-19(14)23-20/h1-13H. The Hall–Kier alpha value is -3.46. The summed E-state index contributed by atoms with van der Waals surface area (Å²) < 4.78 is 5.51. The first-order valence-electron chi connectivity index (χ1n) is 8.11. The van der Waals surface area contributed by atoms with Crippen LogP contribution in [0.3, 0.4) is 0 Å². The second kappa shape index (κ2) is 5.28. The van der Waals surface area contributed by atoms with E-state index in [0.717, 1.165) is 32.8 Å². The van der Waals surface area contributed by atoms with Crippen molar-refractivity contribution in [1.29, 1.82) is 0 Å². The number of hydrogen-bond donors (Lipinski definition) is 0. The highest BCUT2D eigenvalue weighted by Crippen LogP contribution is 2.30. The monoisotopic (exact) mass is 323 g/mol. The number of aromatic nitrogens is 1. The summed E-state index contributed by atoms with van der Waals surface area (Å²) in [5.41, 5.74) is 3.47. The van der Waals surface area contributed by atoms with Gasteiger partial charge in [-0.05, 0) is 35.9 Å². The molecular formula is C22H13NO2. The highest BCUT2D eigenvalue weighted by molar-refractivity contribution is 6.01. The van der Waals surface area contributed by atoms with Gasteiger partial charge in [-0.15, -0.1) is 0 Å². The van der Waals surface area contributed by atoms with Gasteiger partial charge in [0.1, 0.15) is 5.58 Å². The van der Waals surface area contributed by atoms with Gasteiger partial charge in [0.2, 0.25) is 0 Å². The van der Waals surface area contributed by atoms with E-state index in [4.69, 9.17) is 9.40 Å². The second-order valence-corrected chi connectivity index (χ2v) is 6.04. The molecule has 0 aliphatic rings. The fraction of sp³-hybridized carbons (Fsp3) is 0. The topological polar surface area (TPSA) is 43.1 Å². The number of benzene rings is 3. The van der Waals surface area contributed by atoms with Crippen molar-refractivity contribution in [2.75, 3.05) is 0 Å². The van der Waals surface area contributed by atoms with Crippen LogP contribution in [0.15, 0.2) is 88.1 Å². The summed E-state index contributed by atoms with van der Waals surface area (Å²) in [5.74, 6) is 0. The Bertz CT molecular complexity index is 1320. The molecule has 118 valence electrons. The van der Waals surface area contributed by atoms with Crippen LogP contribution < -0.4 is 5.63 Å². The molecule has 0 aliphatic heterocycles. The SMILES string of the molecule is O=c1oc2ccccc2cc1-c1cccc2nc3ccccc3cc12. The van der Waals surface area contributed by atoms with Gasteiger partial charge in [0.25, 0.3) is 0 Å². The van der Waals surface area contributed by atoms with Crippen molar-refractivity contribution in [2.24, 2.45) is 0 Å². The summed E-state index contributed by atoms with van der Waals surface area (Å²) in [6.45, 7) is 0. The van der Waals surface area contributed by atoms with Gasteiger partial charge in [-0.25, -0.2) is 9.78 Å². The van der Waals surface area contributed by atoms with Crippen LogP contribution in [0.1, 0.15) is 0 Å². The van der Waals surface area contributed by atoms with Gasteiger partial charge in [-0.3, -0.25) is 0 Å². The number of para-hydroxylation sites is 2. The predicted octanol–water partition coefficient (Wildman–Crippen LogP) is 5.16. The zero-order valence-electron chi connectivity index (χ0n) is 13.3. The Kier molecular flexibility index (Phi) is 2.94. The summed E-state index contributed by atoms with van der Waals surface area (Å²) in [7, 11) is 0. The fourth-order valence-corrected chi connectivity index (χ4v) is 3.28. The van der Waals surface area contributed by atoms with Crippen LogP contribution in [0.4, 0.5) is 0 Å². The molecule has 2 heterocycles. The smallest absolute Gasteiger partial charge is 0.344 e. The van der Waals surface area contributed by atoms with Gasteiger partial charge in [-0.2, -0.15) is 0 Å². The molecule has 2 aromatic heterocycles. The normalized spacial score (nSPS) is 11.4. The molecule has 5 rings (SSSR count). The third-order valence-electron chi connectivity index (χ3n) is 4.49. The van der Waals surface area contributed by atoms with Crippen LogP contribution in [0.2, 0.25) is 0 Å². The number of hydrogen-bond acceptors (Lipinski definition) is 3. The third kappa shape index (κ3) is 2.21. The lowest BCUT2D eigenvalue weighted by atomic mass is 9.99. The van der Waals surface area contributed by atoms with Crippen molar-refractivity contribution in [3.05, 3.63) is 89.3 Å². The molecule has 0 amide bonds. The minimum atomic E-state index is -0.334. The lowest BCUT2D eigenvalue weighted by molar-refractivity contribution is 0.563. The predicted molar refractivity (Wildman–Crippen MR) is 101 cm³/mol. The van der Waals surface area contributed by atoms with Gasteiger partial charge in [0, 0.05) is 16.2 Å². The van der Waals surface area contributed by atoms with Crippen LogP contribution in [0, 0.1) is 0 Å². The van der Waals surface area contributed by atoms with E-state index in [0.29, 0.717) is 11.1 Å². The van der Waals surface area contributed by atoms with Gasteiger partial charge in [-0.1, -0.05) is 48.5 Å². The Balaban J connectivity index is 1.87. The number of pyridine rings is 1. The summed E-state index contributed by atoms with van der Waals surface area (Å²) in [6.07, 6.45) is 0. The van der Waals surface area contributed by atoms with Crippen molar-refractivity contribution >= 4 is 32.8 Å². The van der Waals surface area contributed by atoms with E-state index in [2.05, 4.69) is 6.07 Å². The van der Waals surface area contributed by atoms with Crippen LogP contribution in [0.5, 0.6) is 0 Å². The van der Waals surface area contributed by atoms with Crippen LogP contribution in [-0.4, -0.2) is 4.98 Å². The summed E-state index contributed by atoms with van der Waals surface area (Å²) in [6, 6.07) is 25.3. The van der Waals surface area contributed by atoms with E-state index in [-0.39, 0.29) is 5.63 Å². The first kappa shape index (κ1) is 13.9. The van der Waals surface area contributed by atoms with E-state index >= 15 is 0 Å². The Morgan fingerprint density at radius 1 is 0.680 bits per heavy atom. The molecule has 3 aromatic carbocycles. The van der Waals surface area contributed by atoms with Crippen LogP contribution >= 0.6 is 0 Å². The van der Waals surface area contributed by atoms with Gasteiger partial charge in [0.15, 0.2) is 0 Å². The minimum Gasteiger partial charge on any atom is -0.422 e. The molecule has 0 bridgehead atoms. The lowest BCUT2D eigenvalue weighted by Gasteiger charge is -2.08. The second-order valence-electron chi connectivity index (χ2n) is 6.04. The molecule has 25 heavy (non-hydrogen) atoms. The summed E-state index contributed by atoms with van der Waals surface area (Å²) in [4.78, 5) is 17.3. The maximum atomic E-state index is 12.6. The zero-order valence-corrected chi connectivity index (χ0v) is 13.3. The van der Waals surface area contributed by atoms with Crippen molar-refractivity contribution in [2.45, 2.75) is 0 Å². The first-order chi connectivity index (χ1) is 12.3. The fourth-order valence-electron chi connectivity index (χ4n) is 3.28. The number of fused-ring (bicyclic) bond motifs is 3. The van der Waals surface area contributed by atoms with Crippen molar-refractivity contribution in [3.63, 3.8) is 0 Å². The van der Waals surface area contributed by atoms with Crippen molar-refractivity contribution in [3.8, 4) is 11.1 Å². The molecule has 0 radical (unpaired) electrons. The summed E-state index contributed by atoms with van der Waals surface area (Å²) in [5, 5.41) is 2.90. The first-order valence-corrected chi connectivity index (χ1v) is 8.11. The molecular weight excluding hydrogens is 310 g/mol. The number of nitrogens with zero attached hydrogens (tertiary/aromatic N) is 1. The Labute approximate surface area is 143 Å². The van der Waals surface area contributed by atoms with E-state index in [1.807, 2.05) is 66.7 Å². The summed E-state index contributed by atoms with van der Waals surface area (Å²) >= 11 is 0. The lowest BCUT2D eigenvalue weighted by Crippen LogP contribution is -2.03. The molecule has 5 aromatic rings. The average molecular weight is 323 g/mol. The van der Waals surface area contributed by atoms with E-state index < -0.39 is 0 Å². The highest BCUT2D eigenvalue weighted by atomic mass is 16.4. The van der Waals surface area contributed by atoms with E-state index in [9.17, 15) is 4.79 Å². The Morgan fingerprint density at radius 2 is 1.44 bits per heavy atom. The van der Waals surface area contributed by atoms with Gasteiger partial charge < -0.3 is 4.42 Å². The largest absolute Gasteiger partial charge is 0.422 e. The Morgan fingerprint density at radius 3 is 2.36 bits per heavy atom. The average Bonchev–Trinajstić information content (AvgIpc) is 2.65. The minimum absolute atomic E-state index is 0.334. The molecule has 0 saturated heterocycles. The molecule has 0 atom stereocenters. The molecule has 0 N–H and O–H groups in total. The van der Waals surface area contributed by atoms with E-state index in [1.54, 1.807) is 6.07 Å². The van der Waals surface area contributed by atoms with Crippen molar-refractivity contribution < 1.29 is 4.42 Å². The zero-order chi connectivity index (χ0) is 16.8. The molecule has 3 nitrogen and oxygen atoms in total. The van der Waals surface area contributed by atoms with Crippen LogP contribution in [0.25, 0.3) is 43.9 Å². The van der Waals surface area contributed by atoms with E-state index in [1.165, 1.54) is 0 Å². The number of rotatable bonds is 1. The molecule has 0 spiro atoms. The van der Waals surface area contributed by atoms with Crippen LogP contribution in [-0.2, 0) is 0 Å². The molecule has 0 fully saturated rings. The van der Waals surface area contributed by atoms with Gasteiger partial charge in [0.05, 0.1) is 16.6 Å². The molecule has 0 unspecified atom stereocenters. The highest BCUT2D eigenvalue weighted by Gasteiger charge is 2.12. The quantitative estimate of drug-likeness (QED) is 0.316. The van der Waals surface area contributed by atoms with Gasteiger partial charge >= 0.3 is 5.63 Å².